The van der Waals surface area contributed by atoms with Crippen LogP contribution in [0.25, 0.3) is 21.3 Å². The number of benzene rings is 2. The zero-order chi connectivity index (χ0) is 22.9. The van der Waals surface area contributed by atoms with Gasteiger partial charge in [-0.05, 0) is 77.0 Å². The molecule has 0 saturated carbocycles. The van der Waals surface area contributed by atoms with E-state index in [2.05, 4.69) is 57.2 Å². The van der Waals surface area contributed by atoms with Crippen molar-refractivity contribution in [3.8, 4) is 11.1 Å². The number of hydrogen-bond donors (Lipinski definition) is 1. The lowest BCUT2D eigenvalue weighted by atomic mass is 9.71. The quantitative estimate of drug-likeness (QED) is 0.299. The van der Waals surface area contributed by atoms with Gasteiger partial charge in [0.25, 0.3) is 0 Å². The van der Waals surface area contributed by atoms with E-state index in [1.165, 1.54) is 51.3 Å². The molecule has 0 spiro atoms. The van der Waals surface area contributed by atoms with E-state index in [0.717, 1.165) is 29.5 Å². The van der Waals surface area contributed by atoms with E-state index in [0.29, 0.717) is 22.0 Å². The van der Waals surface area contributed by atoms with Crippen molar-refractivity contribution in [2.75, 3.05) is 5.73 Å². The van der Waals surface area contributed by atoms with Gasteiger partial charge in [0.1, 0.15) is 9.71 Å². The highest BCUT2D eigenvalue weighted by Crippen LogP contribution is 2.42. The minimum atomic E-state index is -0.000189. The number of rotatable bonds is 2. The highest BCUT2D eigenvalue weighted by molar-refractivity contribution is 7.21. The van der Waals surface area contributed by atoms with Gasteiger partial charge in [-0.25, -0.2) is 4.98 Å². The number of nitrogens with zero attached hydrogens (tertiary/aromatic N) is 1. The second kappa shape index (κ2) is 7.26. The number of aromatic nitrogens is 1. The number of nitrogens with two attached hydrogens (primary N) is 1. The number of carbonyl (C=O) groups is 1. The molecule has 0 radical (unpaired) electrons. The predicted molar refractivity (Wildman–Crippen MR) is 137 cm³/mol. The summed E-state index contributed by atoms with van der Waals surface area (Å²) in [5, 5.41) is 0.935. The minimum absolute atomic E-state index is 0.000189. The normalized spacial score (nSPS) is 17.0. The van der Waals surface area contributed by atoms with Crippen LogP contribution in [0.1, 0.15) is 64.8 Å². The maximum Gasteiger partial charge on any atom is 0.205 e. The number of hydrogen-bond acceptors (Lipinski definition) is 4. The third-order valence-corrected chi connectivity index (χ3v) is 8.69. The Morgan fingerprint density at radius 1 is 1.03 bits per heavy atom. The Labute approximate surface area is 198 Å². The SMILES string of the molecule is CC(C)(C)C1CCc2nc3sc(C(=O)c4ccc5c(c4)Cc4ccccc4-5)c(N)c3cc2C1. The molecule has 2 aromatic heterocycles. The number of ketones is 1. The van der Waals surface area contributed by atoms with Crippen LogP contribution in [0.3, 0.4) is 0 Å². The van der Waals surface area contributed by atoms with Gasteiger partial charge >= 0.3 is 0 Å². The molecule has 4 aromatic rings. The van der Waals surface area contributed by atoms with E-state index in [1.807, 2.05) is 12.1 Å². The topological polar surface area (TPSA) is 56.0 Å². The monoisotopic (exact) mass is 452 g/mol. The van der Waals surface area contributed by atoms with Gasteiger partial charge in [0, 0.05) is 16.6 Å². The number of nitrogen functional groups attached to an aromatic ring is 1. The van der Waals surface area contributed by atoms with E-state index >= 15 is 0 Å². The highest BCUT2D eigenvalue weighted by atomic mass is 32.1. The highest BCUT2D eigenvalue weighted by Gasteiger charge is 2.30. The van der Waals surface area contributed by atoms with Crippen LogP contribution in [0.15, 0.2) is 48.5 Å². The smallest absolute Gasteiger partial charge is 0.205 e. The fourth-order valence-corrected chi connectivity index (χ4v) is 6.57. The Hall–Kier alpha value is -2.98. The van der Waals surface area contributed by atoms with Crippen molar-refractivity contribution >= 4 is 33.0 Å². The summed E-state index contributed by atoms with van der Waals surface area (Å²) in [5.41, 5.74) is 15.6. The third-order valence-electron chi connectivity index (χ3n) is 7.57. The van der Waals surface area contributed by atoms with Crippen molar-refractivity contribution in [3.05, 3.63) is 81.4 Å². The summed E-state index contributed by atoms with van der Waals surface area (Å²) in [5.74, 6) is 0.639. The number of anilines is 1. The molecular weight excluding hydrogens is 424 g/mol. The molecule has 6 rings (SSSR count). The zero-order valence-electron chi connectivity index (χ0n) is 19.4. The standard InChI is InChI=1S/C29H28N2OS/c1-29(2,3)20-9-11-24-19(14-20)15-23-25(30)27(33-28(23)31-24)26(32)17-8-10-22-18(13-17)12-16-6-4-5-7-21(16)22/h4-8,10,13,15,20H,9,11-12,14,30H2,1-3H3. The van der Waals surface area contributed by atoms with E-state index in [9.17, 15) is 4.79 Å². The largest absolute Gasteiger partial charge is 0.397 e. The lowest BCUT2D eigenvalue weighted by molar-refractivity contribution is 0.104. The fourth-order valence-electron chi connectivity index (χ4n) is 5.52. The molecule has 2 N–H and O–H groups in total. The van der Waals surface area contributed by atoms with Gasteiger partial charge in [-0.15, -0.1) is 11.3 Å². The van der Waals surface area contributed by atoms with E-state index in [1.54, 1.807) is 0 Å². The molecule has 2 aliphatic rings. The summed E-state index contributed by atoms with van der Waals surface area (Å²) in [6.45, 7) is 6.96. The molecular formula is C29H28N2OS. The molecule has 0 amide bonds. The number of fused-ring (bicyclic) bond motifs is 5. The van der Waals surface area contributed by atoms with Gasteiger partial charge < -0.3 is 5.73 Å². The molecule has 0 saturated heterocycles. The van der Waals surface area contributed by atoms with E-state index in [-0.39, 0.29) is 11.2 Å². The molecule has 2 aliphatic carbocycles. The molecule has 1 unspecified atom stereocenters. The minimum Gasteiger partial charge on any atom is -0.397 e. The van der Waals surface area contributed by atoms with Gasteiger partial charge in [-0.3, -0.25) is 4.79 Å². The first-order chi connectivity index (χ1) is 15.8. The summed E-state index contributed by atoms with van der Waals surface area (Å²) < 4.78 is 0. The molecule has 4 heteroatoms. The number of pyridine rings is 1. The van der Waals surface area contributed by atoms with Gasteiger partial charge in [-0.1, -0.05) is 57.2 Å². The Kier molecular flexibility index (Phi) is 4.54. The lowest BCUT2D eigenvalue weighted by Gasteiger charge is -2.34. The Bertz CT molecular complexity index is 1440. The van der Waals surface area contributed by atoms with Crippen LogP contribution in [0.5, 0.6) is 0 Å². The lowest BCUT2D eigenvalue weighted by Crippen LogP contribution is -2.27. The van der Waals surface area contributed by atoms with Crippen molar-refractivity contribution in [3.63, 3.8) is 0 Å². The summed E-state index contributed by atoms with van der Waals surface area (Å²) in [6, 6.07) is 16.8. The molecule has 166 valence electrons. The van der Waals surface area contributed by atoms with Crippen LogP contribution in [-0.2, 0) is 19.3 Å². The average molecular weight is 453 g/mol. The fraction of sp³-hybridized carbons (Fsp3) is 0.310. The number of thiophene rings is 1. The molecule has 33 heavy (non-hydrogen) atoms. The summed E-state index contributed by atoms with van der Waals surface area (Å²) >= 11 is 1.44. The maximum atomic E-state index is 13.5. The van der Waals surface area contributed by atoms with Gasteiger partial charge in [0.2, 0.25) is 5.78 Å². The van der Waals surface area contributed by atoms with Crippen LogP contribution in [0.4, 0.5) is 5.69 Å². The van der Waals surface area contributed by atoms with Crippen molar-refractivity contribution < 1.29 is 4.79 Å². The molecule has 0 aliphatic heterocycles. The van der Waals surface area contributed by atoms with Crippen molar-refractivity contribution in [1.29, 1.82) is 0 Å². The van der Waals surface area contributed by atoms with Crippen molar-refractivity contribution in [2.24, 2.45) is 11.3 Å². The second-order valence-electron chi connectivity index (χ2n) is 10.6. The van der Waals surface area contributed by atoms with E-state index < -0.39 is 0 Å². The second-order valence-corrected chi connectivity index (χ2v) is 11.6. The maximum absolute atomic E-state index is 13.5. The van der Waals surface area contributed by atoms with E-state index in [4.69, 9.17) is 10.7 Å². The molecule has 2 aromatic carbocycles. The first-order valence-corrected chi connectivity index (χ1v) is 12.6. The van der Waals surface area contributed by atoms with Gasteiger partial charge in [0.15, 0.2) is 0 Å². The summed E-state index contributed by atoms with van der Waals surface area (Å²) in [4.78, 5) is 20.0. The van der Waals surface area contributed by atoms with Crippen molar-refractivity contribution in [1.82, 2.24) is 4.98 Å². The van der Waals surface area contributed by atoms with Crippen LogP contribution in [0, 0.1) is 11.3 Å². The van der Waals surface area contributed by atoms with Crippen LogP contribution < -0.4 is 5.73 Å². The summed E-state index contributed by atoms with van der Waals surface area (Å²) in [6.07, 6.45) is 4.07. The Morgan fingerprint density at radius 2 is 1.82 bits per heavy atom. The van der Waals surface area contributed by atoms with Crippen LogP contribution in [-0.4, -0.2) is 10.8 Å². The van der Waals surface area contributed by atoms with Crippen molar-refractivity contribution in [2.45, 2.75) is 46.5 Å². The third kappa shape index (κ3) is 3.31. The molecule has 1 atom stereocenters. The Balaban J connectivity index is 1.36. The van der Waals surface area contributed by atoms with Crippen LogP contribution >= 0.6 is 11.3 Å². The summed E-state index contributed by atoms with van der Waals surface area (Å²) in [7, 11) is 0. The molecule has 0 bridgehead atoms. The zero-order valence-corrected chi connectivity index (χ0v) is 20.2. The number of carbonyl (C=O) groups excluding carboxylic acids is 1. The van der Waals surface area contributed by atoms with Gasteiger partial charge in [-0.2, -0.15) is 0 Å². The molecule has 0 fully saturated rings. The number of aryl methyl sites for hydroxylation is 1. The van der Waals surface area contributed by atoms with Gasteiger partial charge in [0.05, 0.1) is 5.69 Å². The average Bonchev–Trinajstić information content (AvgIpc) is 3.33. The Morgan fingerprint density at radius 3 is 2.64 bits per heavy atom. The molecule has 2 heterocycles. The van der Waals surface area contributed by atoms with Crippen LogP contribution in [0.2, 0.25) is 0 Å². The first-order valence-electron chi connectivity index (χ1n) is 11.8. The molecule has 3 nitrogen and oxygen atoms in total. The predicted octanol–water partition coefficient (Wildman–Crippen LogP) is 6.83. The first kappa shape index (κ1) is 20.6.